The quantitative estimate of drug-likeness (QED) is 0.584. The Morgan fingerprint density at radius 2 is 2.15 bits per heavy atom. The Kier molecular flexibility index (Phi) is 5.88. The Labute approximate surface area is 121 Å². The summed E-state index contributed by atoms with van der Waals surface area (Å²) in [7, 11) is -3.84. The van der Waals surface area contributed by atoms with E-state index in [2.05, 4.69) is 4.72 Å². The maximum absolute atomic E-state index is 12.0. The van der Waals surface area contributed by atoms with Crippen LogP contribution in [0.2, 0.25) is 5.02 Å². The average molecular weight is 323 g/mol. The van der Waals surface area contributed by atoms with Crippen LogP contribution in [0.15, 0.2) is 23.1 Å². The van der Waals surface area contributed by atoms with Crippen molar-refractivity contribution in [3.63, 3.8) is 0 Å². The molecule has 112 valence electrons. The first kappa shape index (κ1) is 16.8. The van der Waals surface area contributed by atoms with Gasteiger partial charge in [0, 0.05) is 19.2 Å². The monoisotopic (exact) mass is 322 g/mol. The van der Waals surface area contributed by atoms with Crippen molar-refractivity contribution in [3.05, 3.63) is 33.3 Å². The van der Waals surface area contributed by atoms with Gasteiger partial charge < -0.3 is 5.11 Å². The zero-order chi connectivity index (χ0) is 15.3. The minimum absolute atomic E-state index is 0.0324. The minimum Gasteiger partial charge on any atom is -0.396 e. The molecule has 0 aliphatic heterocycles. The molecule has 0 spiro atoms. The Morgan fingerprint density at radius 3 is 2.70 bits per heavy atom. The van der Waals surface area contributed by atoms with E-state index in [-0.39, 0.29) is 29.0 Å². The maximum Gasteiger partial charge on any atom is 0.289 e. The number of aliphatic hydroxyl groups is 1. The molecule has 0 aliphatic rings. The SMILES string of the molecule is CC(CCO)CNS(=O)(=O)c1ccc(Cl)c([N+](=O)[O-])c1. The van der Waals surface area contributed by atoms with Gasteiger partial charge in [0.2, 0.25) is 10.0 Å². The first-order valence-corrected chi connectivity index (χ1v) is 7.68. The molecule has 0 radical (unpaired) electrons. The Bertz CT molecular complexity index is 590. The Balaban J connectivity index is 2.93. The fourth-order valence-corrected chi connectivity index (χ4v) is 2.83. The predicted octanol–water partition coefficient (Wildman–Crippen LogP) is 1.54. The lowest BCUT2D eigenvalue weighted by molar-refractivity contribution is -0.384. The summed E-state index contributed by atoms with van der Waals surface area (Å²) in [6.45, 7) is 1.89. The number of halogens is 1. The molecule has 0 saturated carbocycles. The second-order valence-electron chi connectivity index (χ2n) is 4.34. The average Bonchev–Trinajstić information content (AvgIpc) is 2.37. The number of aliphatic hydroxyl groups excluding tert-OH is 1. The number of nitrogens with zero attached hydrogens (tertiary/aromatic N) is 1. The molecule has 0 saturated heterocycles. The van der Waals surface area contributed by atoms with Crippen LogP contribution in [0, 0.1) is 16.0 Å². The Hall–Kier alpha value is -1.22. The fourth-order valence-electron chi connectivity index (χ4n) is 1.46. The molecule has 9 heteroatoms. The zero-order valence-corrected chi connectivity index (χ0v) is 12.3. The molecule has 20 heavy (non-hydrogen) atoms. The summed E-state index contributed by atoms with van der Waals surface area (Å²) in [6.07, 6.45) is 0.462. The lowest BCUT2D eigenvalue weighted by Crippen LogP contribution is -2.28. The van der Waals surface area contributed by atoms with E-state index in [1.54, 1.807) is 6.92 Å². The normalized spacial score (nSPS) is 13.2. The summed E-state index contributed by atoms with van der Waals surface area (Å²) in [5.74, 6) is -0.0444. The van der Waals surface area contributed by atoms with Crippen LogP contribution in [0.1, 0.15) is 13.3 Å². The van der Waals surface area contributed by atoms with Crippen molar-refractivity contribution in [2.75, 3.05) is 13.2 Å². The molecule has 1 aromatic rings. The molecule has 1 atom stereocenters. The van der Waals surface area contributed by atoms with Gasteiger partial charge in [0.25, 0.3) is 5.69 Å². The maximum atomic E-state index is 12.0. The highest BCUT2D eigenvalue weighted by atomic mass is 35.5. The van der Waals surface area contributed by atoms with E-state index in [9.17, 15) is 18.5 Å². The third-order valence-electron chi connectivity index (χ3n) is 2.67. The molecule has 0 bridgehead atoms. The van der Waals surface area contributed by atoms with E-state index >= 15 is 0 Å². The number of sulfonamides is 1. The standard InChI is InChI=1S/C11H15ClN2O5S/c1-8(4-5-15)7-13-20(18,19)9-2-3-10(12)11(6-9)14(16)17/h2-3,6,8,13,15H,4-5,7H2,1H3. The summed E-state index contributed by atoms with van der Waals surface area (Å²) in [6, 6.07) is 3.29. The smallest absolute Gasteiger partial charge is 0.289 e. The van der Waals surface area contributed by atoms with Crippen LogP contribution in [0.4, 0.5) is 5.69 Å². The number of benzene rings is 1. The van der Waals surface area contributed by atoms with E-state index in [1.165, 1.54) is 12.1 Å². The molecule has 1 unspecified atom stereocenters. The van der Waals surface area contributed by atoms with E-state index in [0.717, 1.165) is 6.07 Å². The van der Waals surface area contributed by atoms with E-state index in [0.29, 0.717) is 6.42 Å². The van der Waals surface area contributed by atoms with Crippen LogP contribution >= 0.6 is 11.6 Å². The number of hydrogen-bond donors (Lipinski definition) is 2. The van der Waals surface area contributed by atoms with Crippen LogP contribution in [0.5, 0.6) is 0 Å². The van der Waals surface area contributed by atoms with Gasteiger partial charge in [-0.25, -0.2) is 13.1 Å². The van der Waals surface area contributed by atoms with Crippen molar-refractivity contribution in [2.45, 2.75) is 18.2 Å². The lowest BCUT2D eigenvalue weighted by atomic mass is 10.1. The first-order chi connectivity index (χ1) is 9.27. The van der Waals surface area contributed by atoms with Crippen LogP contribution in [-0.2, 0) is 10.0 Å². The molecule has 0 aromatic heterocycles. The van der Waals surface area contributed by atoms with Gasteiger partial charge in [-0.15, -0.1) is 0 Å². The van der Waals surface area contributed by atoms with E-state index in [1.807, 2.05) is 0 Å². The van der Waals surface area contributed by atoms with Gasteiger partial charge in [0.15, 0.2) is 0 Å². The zero-order valence-electron chi connectivity index (χ0n) is 10.7. The van der Waals surface area contributed by atoms with Crippen LogP contribution in [-0.4, -0.2) is 31.6 Å². The van der Waals surface area contributed by atoms with Crippen molar-refractivity contribution < 1.29 is 18.4 Å². The molecular formula is C11H15ClN2O5S. The lowest BCUT2D eigenvalue weighted by Gasteiger charge is -2.11. The van der Waals surface area contributed by atoms with Gasteiger partial charge in [-0.05, 0) is 24.5 Å². The summed E-state index contributed by atoms with van der Waals surface area (Å²) >= 11 is 5.63. The molecule has 1 rings (SSSR count). The topological polar surface area (TPSA) is 110 Å². The molecule has 2 N–H and O–H groups in total. The number of hydrogen-bond acceptors (Lipinski definition) is 5. The largest absolute Gasteiger partial charge is 0.396 e. The van der Waals surface area contributed by atoms with Crippen molar-refractivity contribution in [2.24, 2.45) is 5.92 Å². The fraction of sp³-hybridized carbons (Fsp3) is 0.455. The van der Waals surface area contributed by atoms with Gasteiger partial charge in [-0.2, -0.15) is 0 Å². The van der Waals surface area contributed by atoms with E-state index in [4.69, 9.17) is 16.7 Å². The predicted molar refractivity (Wildman–Crippen MR) is 74.2 cm³/mol. The van der Waals surface area contributed by atoms with Crippen molar-refractivity contribution in [1.29, 1.82) is 0 Å². The minimum atomic E-state index is -3.84. The second kappa shape index (κ2) is 6.98. The first-order valence-electron chi connectivity index (χ1n) is 5.82. The molecular weight excluding hydrogens is 308 g/mol. The third kappa shape index (κ3) is 4.41. The highest BCUT2D eigenvalue weighted by Gasteiger charge is 2.20. The van der Waals surface area contributed by atoms with E-state index < -0.39 is 20.6 Å². The summed E-state index contributed by atoms with van der Waals surface area (Å²) in [5, 5.41) is 19.4. The van der Waals surface area contributed by atoms with Crippen LogP contribution < -0.4 is 4.72 Å². The number of nitro groups is 1. The van der Waals surface area contributed by atoms with Crippen molar-refractivity contribution in [3.8, 4) is 0 Å². The number of rotatable bonds is 7. The molecule has 0 aliphatic carbocycles. The van der Waals surface area contributed by atoms with Gasteiger partial charge in [-0.3, -0.25) is 10.1 Å². The van der Waals surface area contributed by atoms with Gasteiger partial charge >= 0.3 is 0 Å². The highest BCUT2D eigenvalue weighted by Crippen LogP contribution is 2.26. The van der Waals surface area contributed by atoms with Gasteiger partial charge in [0.1, 0.15) is 5.02 Å². The molecule has 7 nitrogen and oxygen atoms in total. The molecule has 0 heterocycles. The summed E-state index contributed by atoms with van der Waals surface area (Å²) in [4.78, 5) is 9.77. The molecule has 0 fully saturated rings. The number of nitrogens with one attached hydrogen (secondary N) is 1. The molecule has 0 amide bonds. The third-order valence-corrected chi connectivity index (χ3v) is 4.41. The van der Waals surface area contributed by atoms with Crippen molar-refractivity contribution >= 4 is 27.3 Å². The Morgan fingerprint density at radius 1 is 1.50 bits per heavy atom. The summed E-state index contributed by atoms with van der Waals surface area (Å²) < 4.78 is 26.3. The van der Waals surface area contributed by atoms with Crippen LogP contribution in [0.25, 0.3) is 0 Å². The summed E-state index contributed by atoms with van der Waals surface area (Å²) in [5.41, 5.74) is -0.460. The highest BCUT2D eigenvalue weighted by molar-refractivity contribution is 7.89. The van der Waals surface area contributed by atoms with Crippen LogP contribution in [0.3, 0.4) is 0 Å². The number of nitro benzene ring substituents is 1. The molecule has 1 aromatic carbocycles. The van der Waals surface area contributed by atoms with Gasteiger partial charge in [0.05, 0.1) is 9.82 Å². The second-order valence-corrected chi connectivity index (χ2v) is 6.51. The van der Waals surface area contributed by atoms with Crippen molar-refractivity contribution in [1.82, 2.24) is 4.72 Å². The van der Waals surface area contributed by atoms with Gasteiger partial charge in [-0.1, -0.05) is 18.5 Å².